The molecule has 6 nitrogen and oxygen atoms in total. The van der Waals surface area contributed by atoms with Gasteiger partial charge in [-0.25, -0.2) is 12.8 Å². The number of nitrogens with one attached hydrogen (secondary N) is 1. The molecular weight excluding hydrogens is 465 g/mol. The van der Waals surface area contributed by atoms with Crippen LogP contribution in [0.2, 0.25) is 5.02 Å². The SMILES string of the molecule is Cc1ccc(S(=O)(=O)N2CCC(C(=O)NCC(c3c(F)cccc3Cl)N(C)C)CC2)c(C)c1. The molecule has 1 saturated heterocycles. The van der Waals surface area contributed by atoms with Crippen molar-refractivity contribution in [3.05, 3.63) is 63.9 Å². The van der Waals surface area contributed by atoms with Gasteiger partial charge in [0.05, 0.1) is 10.9 Å². The number of hydrogen-bond acceptors (Lipinski definition) is 4. The topological polar surface area (TPSA) is 69.7 Å². The Bertz CT molecular complexity index is 1100. The molecule has 0 aromatic heterocycles. The van der Waals surface area contributed by atoms with Crippen LogP contribution in [0, 0.1) is 25.6 Å². The summed E-state index contributed by atoms with van der Waals surface area (Å²) >= 11 is 6.22. The van der Waals surface area contributed by atoms with E-state index in [0.29, 0.717) is 28.3 Å². The van der Waals surface area contributed by atoms with Crippen molar-refractivity contribution in [3.63, 3.8) is 0 Å². The monoisotopic (exact) mass is 495 g/mol. The number of amides is 1. The summed E-state index contributed by atoms with van der Waals surface area (Å²) in [6, 6.07) is 9.41. The first kappa shape index (κ1) is 25.6. The lowest BCUT2D eigenvalue weighted by molar-refractivity contribution is -0.126. The molecule has 0 aliphatic carbocycles. The van der Waals surface area contributed by atoms with Crippen molar-refractivity contribution in [2.45, 2.75) is 37.6 Å². The first-order valence-electron chi connectivity index (χ1n) is 11.0. The minimum absolute atomic E-state index is 0.155. The van der Waals surface area contributed by atoms with Gasteiger partial charge in [-0.3, -0.25) is 4.79 Å². The maximum absolute atomic E-state index is 14.4. The number of aryl methyl sites for hydroxylation is 2. The van der Waals surface area contributed by atoms with Crippen LogP contribution in [-0.2, 0) is 14.8 Å². The molecule has 1 aliphatic rings. The number of nitrogens with zero attached hydrogens (tertiary/aromatic N) is 2. The molecule has 0 radical (unpaired) electrons. The lowest BCUT2D eigenvalue weighted by Gasteiger charge is -2.32. The van der Waals surface area contributed by atoms with E-state index in [1.165, 1.54) is 10.4 Å². The summed E-state index contributed by atoms with van der Waals surface area (Å²) in [5.74, 6) is -0.868. The van der Waals surface area contributed by atoms with Crippen molar-refractivity contribution in [3.8, 4) is 0 Å². The number of likely N-dealkylation sites (N-methyl/N-ethyl adjacent to an activating group) is 1. The fraction of sp³-hybridized carbons (Fsp3) is 0.458. The van der Waals surface area contributed by atoms with Crippen molar-refractivity contribution < 1.29 is 17.6 Å². The molecule has 1 heterocycles. The quantitative estimate of drug-likeness (QED) is 0.632. The molecule has 1 aliphatic heterocycles. The highest BCUT2D eigenvalue weighted by molar-refractivity contribution is 7.89. The van der Waals surface area contributed by atoms with E-state index in [0.717, 1.165) is 11.1 Å². The molecule has 3 rings (SSSR count). The maximum Gasteiger partial charge on any atom is 0.243 e. The van der Waals surface area contributed by atoms with Crippen molar-refractivity contribution in [2.75, 3.05) is 33.7 Å². The van der Waals surface area contributed by atoms with E-state index in [-0.39, 0.29) is 31.5 Å². The number of piperidine rings is 1. The zero-order valence-corrected chi connectivity index (χ0v) is 21.0. The Hall–Kier alpha value is -2.00. The second-order valence-corrected chi connectivity index (χ2v) is 11.1. The highest BCUT2D eigenvalue weighted by Crippen LogP contribution is 2.29. The Labute approximate surface area is 200 Å². The van der Waals surface area contributed by atoms with Crippen LogP contribution in [-0.4, -0.2) is 57.3 Å². The number of halogens is 2. The number of carbonyl (C=O) groups is 1. The molecule has 9 heteroatoms. The third kappa shape index (κ3) is 5.74. The second kappa shape index (κ2) is 10.5. The summed E-state index contributed by atoms with van der Waals surface area (Å²) in [7, 11) is 0.000686. The van der Waals surface area contributed by atoms with Gasteiger partial charge < -0.3 is 10.2 Å². The van der Waals surface area contributed by atoms with Gasteiger partial charge in [0, 0.05) is 36.1 Å². The van der Waals surface area contributed by atoms with Gasteiger partial charge in [-0.05, 0) is 64.5 Å². The molecule has 2 aromatic carbocycles. The van der Waals surface area contributed by atoms with Crippen LogP contribution < -0.4 is 5.32 Å². The summed E-state index contributed by atoms with van der Waals surface area (Å²) in [5, 5.41) is 3.23. The van der Waals surface area contributed by atoms with Crippen LogP contribution in [0.3, 0.4) is 0 Å². The summed E-state index contributed by atoms with van der Waals surface area (Å²) < 4.78 is 42.0. The highest BCUT2D eigenvalue weighted by Gasteiger charge is 2.33. The van der Waals surface area contributed by atoms with E-state index in [2.05, 4.69) is 5.32 Å². The average Bonchev–Trinajstić information content (AvgIpc) is 2.75. The minimum Gasteiger partial charge on any atom is -0.354 e. The third-order valence-electron chi connectivity index (χ3n) is 6.20. The molecule has 0 saturated carbocycles. The smallest absolute Gasteiger partial charge is 0.243 e. The predicted octanol–water partition coefficient (Wildman–Crippen LogP) is 3.92. The van der Waals surface area contributed by atoms with Crippen molar-refractivity contribution in [1.29, 1.82) is 0 Å². The van der Waals surface area contributed by atoms with Crippen LogP contribution in [0.15, 0.2) is 41.3 Å². The molecule has 0 spiro atoms. The molecule has 1 atom stereocenters. The van der Waals surface area contributed by atoms with Crippen LogP contribution in [0.25, 0.3) is 0 Å². The molecule has 33 heavy (non-hydrogen) atoms. The normalized spacial score (nSPS) is 16.7. The first-order valence-corrected chi connectivity index (χ1v) is 12.8. The highest BCUT2D eigenvalue weighted by atomic mass is 35.5. The summed E-state index contributed by atoms with van der Waals surface area (Å²) in [6.07, 6.45) is 0.867. The zero-order valence-electron chi connectivity index (χ0n) is 19.4. The van der Waals surface area contributed by atoms with Crippen LogP contribution in [0.4, 0.5) is 4.39 Å². The van der Waals surface area contributed by atoms with Crippen LogP contribution >= 0.6 is 11.6 Å². The van der Waals surface area contributed by atoms with Gasteiger partial charge in [-0.2, -0.15) is 4.31 Å². The van der Waals surface area contributed by atoms with Crippen LogP contribution in [0.5, 0.6) is 0 Å². The number of sulfonamides is 1. The van der Waals surface area contributed by atoms with Gasteiger partial charge in [-0.1, -0.05) is 35.4 Å². The fourth-order valence-corrected chi connectivity index (χ4v) is 6.26. The summed E-state index contributed by atoms with van der Waals surface area (Å²) in [6.45, 7) is 4.49. The van der Waals surface area contributed by atoms with Gasteiger partial charge in [0.25, 0.3) is 0 Å². The Balaban J connectivity index is 1.62. The first-order chi connectivity index (χ1) is 15.5. The number of hydrogen-bond donors (Lipinski definition) is 1. The molecule has 1 unspecified atom stereocenters. The molecular formula is C24H31ClFN3O3S. The van der Waals surface area contributed by atoms with Crippen LogP contribution in [0.1, 0.15) is 35.6 Å². The van der Waals surface area contributed by atoms with E-state index in [9.17, 15) is 17.6 Å². The Morgan fingerprint density at radius 1 is 1.21 bits per heavy atom. The van der Waals surface area contributed by atoms with Gasteiger partial charge in [-0.15, -0.1) is 0 Å². The summed E-state index contributed by atoms with van der Waals surface area (Å²) in [4.78, 5) is 14.9. The molecule has 0 bridgehead atoms. The predicted molar refractivity (Wildman–Crippen MR) is 128 cm³/mol. The molecule has 180 valence electrons. The van der Waals surface area contributed by atoms with Crippen molar-refractivity contribution in [2.24, 2.45) is 5.92 Å². The maximum atomic E-state index is 14.4. The Morgan fingerprint density at radius 3 is 2.45 bits per heavy atom. The molecule has 2 aromatic rings. The third-order valence-corrected chi connectivity index (χ3v) is 8.59. The van der Waals surface area contributed by atoms with E-state index in [1.54, 1.807) is 45.3 Å². The van der Waals surface area contributed by atoms with E-state index < -0.39 is 21.9 Å². The second-order valence-electron chi connectivity index (χ2n) is 8.81. The summed E-state index contributed by atoms with van der Waals surface area (Å²) in [5.41, 5.74) is 2.07. The van der Waals surface area contributed by atoms with Crippen molar-refractivity contribution in [1.82, 2.24) is 14.5 Å². The minimum atomic E-state index is -3.60. The van der Waals surface area contributed by atoms with E-state index in [1.807, 2.05) is 17.9 Å². The number of rotatable bonds is 7. The van der Waals surface area contributed by atoms with Gasteiger partial charge in [0.1, 0.15) is 5.82 Å². The lowest BCUT2D eigenvalue weighted by Crippen LogP contribution is -2.44. The van der Waals surface area contributed by atoms with Crippen molar-refractivity contribution >= 4 is 27.5 Å². The lowest BCUT2D eigenvalue weighted by atomic mass is 9.97. The number of benzene rings is 2. The molecule has 1 amide bonds. The fourth-order valence-electron chi connectivity index (χ4n) is 4.30. The van der Waals surface area contributed by atoms with Gasteiger partial charge in [0.15, 0.2) is 0 Å². The zero-order chi connectivity index (χ0) is 24.3. The standard InChI is InChI=1S/C24H31ClFN3O3S/c1-16-8-9-22(17(2)14-16)33(31,32)29-12-10-18(11-13-29)24(30)27-15-21(28(3)4)23-19(25)6-5-7-20(23)26/h5-9,14,18,21H,10-13,15H2,1-4H3,(H,27,30). The Kier molecular flexibility index (Phi) is 8.16. The average molecular weight is 496 g/mol. The van der Waals surface area contributed by atoms with Gasteiger partial charge >= 0.3 is 0 Å². The Morgan fingerprint density at radius 2 is 1.88 bits per heavy atom. The molecule has 1 N–H and O–H groups in total. The molecule has 1 fully saturated rings. The van der Waals surface area contributed by atoms with E-state index in [4.69, 9.17) is 11.6 Å². The number of carbonyl (C=O) groups excluding carboxylic acids is 1. The largest absolute Gasteiger partial charge is 0.354 e. The van der Waals surface area contributed by atoms with Gasteiger partial charge in [0.2, 0.25) is 15.9 Å². The van der Waals surface area contributed by atoms with E-state index >= 15 is 0 Å².